The molecule has 1 heterocycles. The van der Waals surface area contributed by atoms with Gasteiger partial charge in [0.2, 0.25) is 12.1 Å². The Hall–Kier alpha value is -12.6. The van der Waals surface area contributed by atoms with Gasteiger partial charge in [0.25, 0.3) is 0 Å². The lowest BCUT2D eigenvalue weighted by Crippen LogP contribution is -2.28. The van der Waals surface area contributed by atoms with Crippen molar-refractivity contribution in [3.05, 3.63) is 438 Å². The number of benzene rings is 15. The number of rotatable bonds is 14. The molecule has 0 aromatic heterocycles. The number of nitrogens with one attached hydrogen (secondary N) is 1. The molecule has 0 amide bonds. The summed E-state index contributed by atoms with van der Waals surface area (Å²) in [5.74, 6) is 0.577. The lowest BCUT2D eigenvalue weighted by Gasteiger charge is -2.34. The highest BCUT2D eigenvalue weighted by molar-refractivity contribution is 5.97. The van der Waals surface area contributed by atoms with Crippen molar-refractivity contribution in [2.45, 2.75) is 17.1 Å². The lowest BCUT2D eigenvalue weighted by atomic mass is 9.67. The highest BCUT2D eigenvalue weighted by atomic mass is 16.5. The van der Waals surface area contributed by atoms with Crippen LogP contribution >= 0.6 is 0 Å². The van der Waals surface area contributed by atoms with E-state index < -0.39 is 10.8 Å². The molecule has 0 fully saturated rings. The standard InChI is InChI=1S/C94H65N3O/c1-6-24-68(25-7-1)91-95-96-92(98-91)69-44-42-66(43-45-69)79-34-16-18-36-81(79)82-37-19-17-35-80(82)67-50-58-78(59-51-67)97(76-54-46-64(47-55-76)70-52-60-85-83-38-20-22-40-87(83)93(89(85)62-70,72-26-8-2-9-27-72)73-28-10-3-11-29-73)77-56-48-65(49-57-77)71-53-61-86-84-39-21-23-41-88(84)94(90(86)63-71,74-30-12-4-13-31-74)75-32-14-5-15-33-75/h1-63,91,95H. The molecule has 462 valence electrons. The molecular weight excluding hydrogens is 1190 g/mol. The molecule has 0 saturated carbocycles. The van der Waals surface area contributed by atoms with Crippen molar-refractivity contribution in [2.75, 3.05) is 4.90 Å². The largest absolute Gasteiger partial charge is 0.446 e. The molecule has 3 aliphatic rings. The predicted octanol–water partition coefficient (Wildman–Crippen LogP) is 23.2. The molecule has 4 heteroatoms. The third-order valence-electron chi connectivity index (χ3n) is 20.5. The fourth-order valence-corrected chi connectivity index (χ4v) is 16.0. The Morgan fingerprint density at radius 3 is 0.939 bits per heavy atom. The SMILES string of the molecule is c1ccc(C2NN=C(c3ccc(-c4ccccc4-c4ccccc4-c4ccc(N(c5ccc(-c6ccc7c(c6)C(c6ccccc6)(c6ccccc6)c6ccccc6-7)cc5)c5ccc(-c6ccc7c(c6)C(c6ccccc6)(c6ccccc6)c6ccccc6-7)cc5)cc4)cc3)O2)cc1. The first-order valence-electron chi connectivity index (χ1n) is 33.8. The molecule has 0 radical (unpaired) electrons. The Morgan fingerprint density at radius 1 is 0.245 bits per heavy atom. The number of nitrogens with zero attached hydrogens (tertiary/aromatic N) is 2. The Kier molecular flexibility index (Phi) is 14.4. The summed E-state index contributed by atoms with van der Waals surface area (Å²) in [6.07, 6.45) is -0.326. The van der Waals surface area contributed by atoms with Gasteiger partial charge in [-0.25, -0.2) is 0 Å². The van der Waals surface area contributed by atoms with Crippen LogP contribution in [0.15, 0.2) is 387 Å². The van der Waals surface area contributed by atoms with Crippen LogP contribution in [0.4, 0.5) is 17.1 Å². The molecule has 1 atom stereocenters. The molecule has 98 heavy (non-hydrogen) atoms. The average Bonchev–Trinajstić information content (AvgIpc) is 1.55. The average molecular weight is 1250 g/mol. The second-order valence-corrected chi connectivity index (χ2v) is 25.7. The minimum atomic E-state index is -0.499. The summed E-state index contributed by atoms with van der Waals surface area (Å²) in [5, 5.41) is 4.57. The van der Waals surface area contributed by atoms with E-state index in [4.69, 9.17) is 4.74 Å². The minimum absolute atomic E-state index is 0.326. The summed E-state index contributed by atoms with van der Waals surface area (Å²) in [7, 11) is 0. The summed E-state index contributed by atoms with van der Waals surface area (Å²) in [5.41, 5.74) is 34.0. The van der Waals surface area contributed by atoms with E-state index in [1.54, 1.807) is 0 Å². The zero-order valence-corrected chi connectivity index (χ0v) is 53.8. The minimum Gasteiger partial charge on any atom is -0.446 e. The first-order valence-corrected chi connectivity index (χ1v) is 33.8. The maximum Gasteiger partial charge on any atom is 0.240 e. The van der Waals surface area contributed by atoms with Gasteiger partial charge in [0.1, 0.15) is 0 Å². The van der Waals surface area contributed by atoms with Gasteiger partial charge in [-0.1, -0.05) is 322 Å². The number of hydrazone groups is 1. The van der Waals surface area contributed by atoms with Gasteiger partial charge in [-0.2, -0.15) is 0 Å². The van der Waals surface area contributed by atoms with Gasteiger partial charge in [-0.15, -0.1) is 5.10 Å². The fraction of sp³-hybridized carbons (Fsp3) is 0.0319. The van der Waals surface area contributed by atoms with E-state index in [0.29, 0.717) is 5.90 Å². The van der Waals surface area contributed by atoms with Crippen molar-refractivity contribution < 1.29 is 4.74 Å². The van der Waals surface area contributed by atoms with Crippen LogP contribution in [0.2, 0.25) is 0 Å². The molecule has 0 bridgehead atoms. The Morgan fingerprint density at radius 2 is 0.541 bits per heavy atom. The van der Waals surface area contributed by atoms with Crippen molar-refractivity contribution in [3.8, 4) is 77.9 Å². The molecule has 1 N–H and O–H groups in total. The summed E-state index contributed by atoms with van der Waals surface area (Å²) in [6, 6.07) is 140. The summed E-state index contributed by atoms with van der Waals surface area (Å²) in [6.45, 7) is 0. The fourth-order valence-electron chi connectivity index (χ4n) is 16.0. The van der Waals surface area contributed by atoms with Crippen LogP contribution in [0.1, 0.15) is 61.9 Å². The molecule has 15 aromatic carbocycles. The topological polar surface area (TPSA) is 36.9 Å². The third-order valence-corrected chi connectivity index (χ3v) is 20.5. The van der Waals surface area contributed by atoms with Crippen LogP contribution in [0.25, 0.3) is 77.9 Å². The van der Waals surface area contributed by atoms with Gasteiger partial charge < -0.3 is 9.64 Å². The lowest BCUT2D eigenvalue weighted by molar-refractivity contribution is 0.192. The van der Waals surface area contributed by atoms with E-state index >= 15 is 0 Å². The van der Waals surface area contributed by atoms with Gasteiger partial charge >= 0.3 is 0 Å². The van der Waals surface area contributed by atoms with Crippen LogP contribution in [0.5, 0.6) is 0 Å². The second-order valence-electron chi connectivity index (χ2n) is 25.7. The molecule has 0 spiro atoms. The van der Waals surface area contributed by atoms with Crippen LogP contribution < -0.4 is 10.3 Å². The first kappa shape index (κ1) is 58.0. The molecule has 1 aliphatic heterocycles. The van der Waals surface area contributed by atoms with Gasteiger partial charge in [0.05, 0.1) is 10.8 Å². The smallest absolute Gasteiger partial charge is 0.240 e. The highest BCUT2D eigenvalue weighted by Gasteiger charge is 2.48. The van der Waals surface area contributed by atoms with Gasteiger partial charge in [-0.3, -0.25) is 5.43 Å². The van der Waals surface area contributed by atoms with Crippen LogP contribution in [0.3, 0.4) is 0 Å². The van der Waals surface area contributed by atoms with Gasteiger partial charge in [-0.05, 0) is 183 Å². The van der Waals surface area contributed by atoms with E-state index in [-0.39, 0.29) is 6.23 Å². The van der Waals surface area contributed by atoms with E-state index in [1.165, 1.54) is 77.9 Å². The molecule has 0 saturated heterocycles. The first-order chi connectivity index (χ1) is 48.6. The van der Waals surface area contributed by atoms with Crippen molar-refractivity contribution in [1.82, 2.24) is 5.43 Å². The monoisotopic (exact) mass is 1250 g/mol. The number of hydrogen-bond acceptors (Lipinski definition) is 4. The zero-order valence-electron chi connectivity index (χ0n) is 53.8. The molecule has 18 rings (SSSR count). The molecule has 1 unspecified atom stereocenters. The van der Waals surface area contributed by atoms with Crippen LogP contribution in [0, 0.1) is 0 Å². The Balaban J connectivity index is 0.716. The van der Waals surface area contributed by atoms with Gasteiger partial charge in [0, 0.05) is 28.2 Å². The maximum absolute atomic E-state index is 6.29. The van der Waals surface area contributed by atoms with E-state index in [0.717, 1.165) is 72.7 Å². The van der Waals surface area contributed by atoms with Crippen molar-refractivity contribution >= 4 is 23.0 Å². The quantitative estimate of drug-likeness (QED) is 0.118. The second kappa shape index (κ2) is 24.3. The van der Waals surface area contributed by atoms with Crippen LogP contribution in [-0.2, 0) is 15.6 Å². The van der Waals surface area contributed by atoms with Crippen molar-refractivity contribution in [3.63, 3.8) is 0 Å². The Labute approximate surface area is 572 Å². The molecule has 4 nitrogen and oxygen atoms in total. The van der Waals surface area contributed by atoms with Crippen molar-refractivity contribution in [2.24, 2.45) is 5.10 Å². The number of fused-ring (bicyclic) bond motifs is 6. The zero-order chi connectivity index (χ0) is 65.0. The summed E-state index contributed by atoms with van der Waals surface area (Å²) >= 11 is 0. The summed E-state index contributed by atoms with van der Waals surface area (Å²) < 4.78 is 6.29. The molecule has 15 aromatic rings. The highest BCUT2D eigenvalue weighted by Crippen LogP contribution is 2.59. The van der Waals surface area contributed by atoms with E-state index in [2.05, 4.69) is 367 Å². The third kappa shape index (κ3) is 9.63. The van der Waals surface area contributed by atoms with Gasteiger partial charge in [0.15, 0.2) is 0 Å². The molecule has 2 aliphatic carbocycles. The van der Waals surface area contributed by atoms with E-state index in [9.17, 15) is 0 Å². The maximum atomic E-state index is 6.29. The van der Waals surface area contributed by atoms with Crippen molar-refractivity contribution in [1.29, 1.82) is 0 Å². The summed E-state index contributed by atoms with van der Waals surface area (Å²) in [4.78, 5) is 2.40. The predicted molar refractivity (Wildman–Crippen MR) is 403 cm³/mol. The molecular formula is C94H65N3O. The number of anilines is 3. The normalized spacial score (nSPS) is 14.2. The van der Waals surface area contributed by atoms with E-state index in [1.807, 2.05) is 30.3 Å². The number of ether oxygens (including phenoxy) is 1. The van der Waals surface area contributed by atoms with Crippen LogP contribution in [-0.4, -0.2) is 5.90 Å². The Bertz CT molecular complexity index is 5160. The number of hydrogen-bond donors (Lipinski definition) is 1.